The highest BCUT2D eigenvalue weighted by Gasteiger charge is 2.61. The summed E-state index contributed by atoms with van der Waals surface area (Å²) in [5.74, 6) is -0.237. The molecule has 3 atom stereocenters. The van der Waals surface area contributed by atoms with E-state index in [1.807, 2.05) is 37.1 Å². The molecule has 0 radical (unpaired) electrons. The Morgan fingerprint density at radius 1 is 1.32 bits per heavy atom. The first kappa shape index (κ1) is 16.1. The van der Waals surface area contributed by atoms with Crippen LogP contribution < -0.4 is 0 Å². The van der Waals surface area contributed by atoms with Gasteiger partial charge in [0.2, 0.25) is 0 Å². The highest BCUT2D eigenvalue weighted by Crippen LogP contribution is 2.52. The molecule has 0 aromatic carbocycles. The van der Waals surface area contributed by atoms with Gasteiger partial charge in [-0.2, -0.15) is 0 Å². The van der Waals surface area contributed by atoms with E-state index in [1.165, 1.54) is 0 Å². The van der Waals surface area contributed by atoms with E-state index in [0.29, 0.717) is 30.8 Å². The van der Waals surface area contributed by atoms with Gasteiger partial charge in [0.1, 0.15) is 11.3 Å². The predicted molar refractivity (Wildman–Crippen MR) is 93.0 cm³/mol. The van der Waals surface area contributed by atoms with E-state index in [-0.39, 0.29) is 24.0 Å². The number of hydrogen-bond acceptors (Lipinski definition) is 4. The van der Waals surface area contributed by atoms with E-state index in [4.69, 9.17) is 4.74 Å². The molecular formula is C19H23N3O3. The minimum absolute atomic E-state index is 0.0800. The molecule has 1 amide bonds. The topological polar surface area (TPSA) is 75.3 Å². The number of aromatic amines is 1. The average Bonchev–Trinajstić information content (AvgIpc) is 3.33. The summed E-state index contributed by atoms with van der Waals surface area (Å²) < 4.78 is 5.36. The van der Waals surface area contributed by atoms with E-state index in [9.17, 15) is 9.59 Å². The van der Waals surface area contributed by atoms with E-state index < -0.39 is 5.41 Å². The first-order valence-electron chi connectivity index (χ1n) is 9.04. The minimum atomic E-state index is -0.564. The summed E-state index contributed by atoms with van der Waals surface area (Å²) in [7, 11) is 0. The summed E-state index contributed by atoms with van der Waals surface area (Å²) >= 11 is 0. The SMILES string of the molecule is CCOC(=O)[C@@]1(CC)C[C@H]2CC[C@@H]1N2C(=O)c1ccc2cc[nH]c2n1. The molecule has 6 heteroatoms. The Labute approximate surface area is 146 Å². The smallest absolute Gasteiger partial charge is 0.314 e. The molecule has 132 valence electrons. The average molecular weight is 341 g/mol. The van der Waals surface area contributed by atoms with Crippen molar-refractivity contribution in [1.29, 1.82) is 0 Å². The molecule has 4 heterocycles. The summed E-state index contributed by atoms with van der Waals surface area (Å²) in [5.41, 5.74) is 0.581. The first-order valence-corrected chi connectivity index (χ1v) is 9.04. The minimum Gasteiger partial charge on any atom is -0.466 e. The molecule has 0 spiro atoms. The number of carbonyl (C=O) groups excluding carboxylic acids is 2. The maximum atomic E-state index is 13.2. The third-order valence-electron chi connectivity index (χ3n) is 5.92. The molecule has 0 aliphatic carbocycles. The number of nitrogens with zero attached hydrogens (tertiary/aromatic N) is 2. The van der Waals surface area contributed by atoms with Crippen LogP contribution in [0.1, 0.15) is 50.0 Å². The van der Waals surface area contributed by atoms with Crippen molar-refractivity contribution in [2.24, 2.45) is 5.41 Å². The molecule has 2 saturated heterocycles. The van der Waals surface area contributed by atoms with Crippen LogP contribution in [0.4, 0.5) is 0 Å². The molecule has 0 unspecified atom stereocenters. The predicted octanol–water partition coefficient (Wildman–Crippen LogP) is 2.90. The fraction of sp³-hybridized carbons (Fsp3) is 0.526. The van der Waals surface area contributed by atoms with Crippen LogP contribution >= 0.6 is 0 Å². The lowest BCUT2D eigenvalue weighted by Crippen LogP contribution is -2.45. The fourth-order valence-electron chi connectivity index (χ4n) is 4.69. The van der Waals surface area contributed by atoms with Crippen LogP contribution in [0.25, 0.3) is 11.0 Å². The van der Waals surface area contributed by atoms with E-state index in [2.05, 4.69) is 9.97 Å². The van der Waals surface area contributed by atoms with Gasteiger partial charge in [-0.3, -0.25) is 9.59 Å². The highest BCUT2D eigenvalue weighted by atomic mass is 16.5. The fourth-order valence-corrected chi connectivity index (χ4v) is 4.69. The molecule has 1 N–H and O–H groups in total. The second kappa shape index (κ2) is 5.86. The van der Waals surface area contributed by atoms with Crippen molar-refractivity contribution in [2.75, 3.05) is 6.61 Å². The molecule has 4 rings (SSSR count). The van der Waals surface area contributed by atoms with Crippen LogP contribution in [0.3, 0.4) is 0 Å². The van der Waals surface area contributed by atoms with Gasteiger partial charge in [-0.1, -0.05) is 6.92 Å². The first-order chi connectivity index (χ1) is 12.1. The van der Waals surface area contributed by atoms with Gasteiger partial charge in [-0.15, -0.1) is 0 Å². The van der Waals surface area contributed by atoms with Gasteiger partial charge in [0.25, 0.3) is 5.91 Å². The maximum absolute atomic E-state index is 13.2. The number of esters is 1. The number of nitrogens with one attached hydrogen (secondary N) is 1. The summed E-state index contributed by atoms with van der Waals surface area (Å²) in [6.07, 6.45) is 5.01. The number of H-pyrrole nitrogens is 1. The second-order valence-corrected chi connectivity index (χ2v) is 7.01. The van der Waals surface area contributed by atoms with Crippen LogP contribution in [0.5, 0.6) is 0 Å². The molecular weight excluding hydrogens is 318 g/mol. The molecule has 0 saturated carbocycles. The Morgan fingerprint density at radius 3 is 2.92 bits per heavy atom. The Hall–Kier alpha value is -2.37. The lowest BCUT2D eigenvalue weighted by atomic mass is 9.72. The van der Waals surface area contributed by atoms with Gasteiger partial charge in [0.05, 0.1) is 12.0 Å². The Morgan fingerprint density at radius 2 is 2.16 bits per heavy atom. The van der Waals surface area contributed by atoms with Gasteiger partial charge < -0.3 is 14.6 Å². The molecule has 2 bridgehead atoms. The number of pyridine rings is 1. The Kier molecular flexibility index (Phi) is 3.78. The van der Waals surface area contributed by atoms with Crippen molar-refractivity contribution < 1.29 is 14.3 Å². The van der Waals surface area contributed by atoms with Gasteiger partial charge in [0.15, 0.2) is 0 Å². The molecule has 2 aromatic heterocycles. The van der Waals surface area contributed by atoms with Crippen LogP contribution in [0.15, 0.2) is 24.4 Å². The van der Waals surface area contributed by atoms with Gasteiger partial charge >= 0.3 is 5.97 Å². The maximum Gasteiger partial charge on any atom is 0.314 e. The second-order valence-electron chi connectivity index (χ2n) is 7.01. The standard InChI is InChI=1S/C19H23N3O3/c1-3-19(18(24)25-4-2)11-13-6-8-15(19)22(13)17(23)14-7-5-12-9-10-20-16(12)21-14/h5,7,9-10,13,15H,3-4,6,8,11H2,1-2H3,(H,20,21)/t13-,15+,19+/m1/s1. The Balaban J connectivity index is 1.66. The van der Waals surface area contributed by atoms with Crippen molar-refractivity contribution in [2.45, 2.75) is 51.6 Å². The van der Waals surface area contributed by atoms with Crippen molar-refractivity contribution >= 4 is 22.9 Å². The lowest BCUT2D eigenvalue weighted by molar-refractivity contribution is -0.157. The van der Waals surface area contributed by atoms with Crippen molar-refractivity contribution in [1.82, 2.24) is 14.9 Å². The number of rotatable bonds is 4. The van der Waals surface area contributed by atoms with E-state index >= 15 is 0 Å². The van der Waals surface area contributed by atoms with Crippen LogP contribution in [0, 0.1) is 5.41 Å². The van der Waals surface area contributed by atoms with E-state index in [0.717, 1.165) is 18.2 Å². The number of aromatic nitrogens is 2. The summed E-state index contributed by atoms with van der Waals surface area (Å²) in [6.45, 7) is 4.22. The normalized spacial score (nSPS) is 27.8. The van der Waals surface area contributed by atoms with E-state index in [1.54, 1.807) is 6.07 Å². The number of hydrogen-bond donors (Lipinski definition) is 1. The lowest BCUT2D eigenvalue weighted by Gasteiger charge is -2.34. The molecule has 2 aliphatic rings. The van der Waals surface area contributed by atoms with Gasteiger partial charge in [-0.05, 0) is 50.8 Å². The molecule has 2 aromatic rings. The third kappa shape index (κ3) is 2.27. The number of fused-ring (bicyclic) bond motifs is 3. The number of amides is 1. The molecule has 25 heavy (non-hydrogen) atoms. The summed E-state index contributed by atoms with van der Waals surface area (Å²) in [4.78, 5) is 35.2. The summed E-state index contributed by atoms with van der Waals surface area (Å²) in [6, 6.07) is 5.62. The van der Waals surface area contributed by atoms with Gasteiger partial charge in [0, 0.05) is 23.7 Å². The quantitative estimate of drug-likeness (QED) is 0.868. The van der Waals surface area contributed by atoms with Crippen LogP contribution in [-0.2, 0) is 9.53 Å². The summed E-state index contributed by atoms with van der Waals surface area (Å²) in [5, 5.41) is 0.982. The van der Waals surface area contributed by atoms with Crippen LogP contribution in [0.2, 0.25) is 0 Å². The molecule has 2 aliphatic heterocycles. The number of ether oxygens (including phenoxy) is 1. The zero-order valence-corrected chi connectivity index (χ0v) is 14.6. The van der Waals surface area contributed by atoms with Crippen molar-refractivity contribution in [3.05, 3.63) is 30.1 Å². The number of carbonyl (C=O) groups is 2. The zero-order chi connectivity index (χ0) is 17.6. The molecule has 2 fully saturated rings. The third-order valence-corrected chi connectivity index (χ3v) is 5.92. The van der Waals surface area contributed by atoms with Crippen molar-refractivity contribution in [3.8, 4) is 0 Å². The largest absolute Gasteiger partial charge is 0.466 e. The zero-order valence-electron chi connectivity index (χ0n) is 14.6. The molecule has 6 nitrogen and oxygen atoms in total. The highest BCUT2D eigenvalue weighted by molar-refractivity contribution is 5.96. The monoisotopic (exact) mass is 341 g/mol. The van der Waals surface area contributed by atoms with Crippen molar-refractivity contribution in [3.63, 3.8) is 0 Å². The van der Waals surface area contributed by atoms with Gasteiger partial charge in [-0.25, -0.2) is 4.98 Å². The Bertz CT molecular complexity index is 830. The van der Waals surface area contributed by atoms with Crippen LogP contribution in [-0.4, -0.2) is 45.4 Å².